The van der Waals surface area contributed by atoms with Gasteiger partial charge in [-0.15, -0.1) is 10.2 Å². The fourth-order valence-corrected chi connectivity index (χ4v) is 3.02. The van der Waals surface area contributed by atoms with Crippen molar-refractivity contribution in [3.8, 4) is 5.75 Å². The van der Waals surface area contributed by atoms with E-state index in [4.69, 9.17) is 4.74 Å². The van der Waals surface area contributed by atoms with Crippen molar-refractivity contribution >= 4 is 5.91 Å². The number of rotatable bonds is 5. The van der Waals surface area contributed by atoms with E-state index in [0.717, 1.165) is 43.5 Å². The highest BCUT2D eigenvalue weighted by Gasteiger charge is 2.26. The zero-order chi connectivity index (χ0) is 17.8. The summed E-state index contributed by atoms with van der Waals surface area (Å²) in [5.74, 6) is 2.62. The highest BCUT2D eigenvalue weighted by molar-refractivity contribution is 5.94. The number of ether oxygens (including phenoxy) is 1. The second-order valence-corrected chi connectivity index (χ2v) is 6.55. The van der Waals surface area contributed by atoms with Crippen LogP contribution in [-0.4, -0.2) is 40.9 Å². The molecule has 0 aliphatic carbocycles. The Balaban J connectivity index is 1.82. The molecule has 2 aromatic rings. The number of methoxy groups -OCH3 is 1. The predicted octanol–water partition coefficient (Wildman–Crippen LogP) is 1.56. The Morgan fingerprint density at radius 1 is 1.24 bits per heavy atom. The number of hydrogen-bond acceptors (Lipinski definition) is 5. The van der Waals surface area contributed by atoms with Gasteiger partial charge in [0.15, 0.2) is 5.82 Å². The third-order valence-corrected chi connectivity index (χ3v) is 4.48. The van der Waals surface area contributed by atoms with Crippen LogP contribution in [0.3, 0.4) is 0 Å². The molecule has 2 N–H and O–H groups in total. The molecule has 0 saturated carbocycles. The van der Waals surface area contributed by atoms with Crippen LogP contribution in [0.25, 0.3) is 0 Å². The molecule has 1 amide bonds. The minimum atomic E-state index is -0.186. The van der Waals surface area contributed by atoms with Gasteiger partial charge in [0.25, 0.3) is 5.91 Å². The lowest BCUT2D eigenvalue weighted by Crippen LogP contribution is -2.34. The molecule has 1 aliphatic rings. The van der Waals surface area contributed by atoms with Crippen LogP contribution in [0.1, 0.15) is 41.9 Å². The number of nitrogens with one attached hydrogen (secondary N) is 2. The molecule has 0 radical (unpaired) electrons. The van der Waals surface area contributed by atoms with Crippen molar-refractivity contribution < 1.29 is 9.53 Å². The topological polar surface area (TPSA) is 81.1 Å². The van der Waals surface area contributed by atoms with Crippen molar-refractivity contribution in [3.63, 3.8) is 0 Å². The van der Waals surface area contributed by atoms with Gasteiger partial charge in [0, 0.05) is 31.6 Å². The van der Waals surface area contributed by atoms with Crippen LogP contribution in [0.15, 0.2) is 24.3 Å². The molecule has 1 aromatic heterocycles. The van der Waals surface area contributed by atoms with Crippen molar-refractivity contribution in [2.75, 3.05) is 20.2 Å². The molecule has 134 valence electrons. The third-order valence-electron chi connectivity index (χ3n) is 4.48. The summed E-state index contributed by atoms with van der Waals surface area (Å²) in [7, 11) is 1.61. The molecule has 2 heterocycles. The molecule has 1 atom stereocenters. The molecule has 3 rings (SSSR count). The van der Waals surface area contributed by atoms with Crippen molar-refractivity contribution in [1.82, 2.24) is 25.4 Å². The van der Waals surface area contributed by atoms with Crippen LogP contribution in [0.4, 0.5) is 0 Å². The lowest BCUT2D eigenvalue weighted by atomic mass is 10.0. The molecule has 7 heteroatoms. The number of benzene rings is 1. The van der Waals surface area contributed by atoms with E-state index >= 15 is 0 Å². The van der Waals surface area contributed by atoms with Gasteiger partial charge in [0.05, 0.1) is 13.2 Å². The largest absolute Gasteiger partial charge is 0.497 e. The highest BCUT2D eigenvalue weighted by Crippen LogP contribution is 2.22. The Morgan fingerprint density at radius 3 is 2.68 bits per heavy atom. The first-order valence-electron chi connectivity index (χ1n) is 8.67. The van der Waals surface area contributed by atoms with E-state index < -0.39 is 0 Å². The van der Waals surface area contributed by atoms with Crippen LogP contribution >= 0.6 is 0 Å². The SMILES string of the molecule is COc1ccc(C(=O)N[C@H](c2nnc3n2CCNCC3)C(C)C)cc1. The van der Waals surface area contributed by atoms with Gasteiger partial charge >= 0.3 is 0 Å². The normalized spacial score (nSPS) is 15.4. The third kappa shape index (κ3) is 3.82. The first-order chi connectivity index (χ1) is 12.1. The maximum atomic E-state index is 12.7. The number of carbonyl (C=O) groups excluding carboxylic acids is 1. The second kappa shape index (κ2) is 7.65. The van der Waals surface area contributed by atoms with E-state index in [2.05, 4.69) is 39.2 Å². The highest BCUT2D eigenvalue weighted by atomic mass is 16.5. The summed E-state index contributed by atoms with van der Waals surface area (Å²) in [6.07, 6.45) is 0.851. The minimum absolute atomic E-state index is 0.120. The number of amides is 1. The van der Waals surface area contributed by atoms with E-state index in [1.165, 1.54) is 0 Å². The molecule has 1 aliphatic heterocycles. The molecule has 0 spiro atoms. The molecule has 1 aromatic carbocycles. The molecule has 25 heavy (non-hydrogen) atoms. The van der Waals surface area contributed by atoms with Crippen molar-refractivity contribution in [1.29, 1.82) is 0 Å². The molecular formula is C18H25N5O2. The Kier molecular flexibility index (Phi) is 5.33. The smallest absolute Gasteiger partial charge is 0.251 e. The van der Waals surface area contributed by atoms with Gasteiger partial charge in [-0.1, -0.05) is 13.8 Å². The summed E-state index contributed by atoms with van der Waals surface area (Å²) >= 11 is 0. The Bertz CT molecular complexity index is 724. The fourth-order valence-electron chi connectivity index (χ4n) is 3.02. The predicted molar refractivity (Wildman–Crippen MR) is 94.6 cm³/mol. The lowest BCUT2D eigenvalue weighted by Gasteiger charge is -2.22. The van der Waals surface area contributed by atoms with E-state index in [1.807, 2.05) is 0 Å². The van der Waals surface area contributed by atoms with Crippen molar-refractivity contribution in [3.05, 3.63) is 41.5 Å². The van der Waals surface area contributed by atoms with Crippen LogP contribution in [0.5, 0.6) is 5.75 Å². The summed E-state index contributed by atoms with van der Waals surface area (Å²) in [6, 6.07) is 6.91. The van der Waals surface area contributed by atoms with Gasteiger partial charge < -0.3 is 19.9 Å². The van der Waals surface area contributed by atoms with Gasteiger partial charge in [0.2, 0.25) is 0 Å². The van der Waals surface area contributed by atoms with Gasteiger partial charge in [-0.3, -0.25) is 4.79 Å². The standard InChI is InChI=1S/C18H25N5O2/c1-12(2)16(17-22-21-15-8-9-19-10-11-23(15)17)20-18(24)13-4-6-14(25-3)7-5-13/h4-7,12,16,19H,8-11H2,1-3H3,(H,20,24)/t16-/m0/s1. The zero-order valence-corrected chi connectivity index (χ0v) is 15.0. The maximum Gasteiger partial charge on any atom is 0.251 e. The summed E-state index contributed by atoms with van der Waals surface area (Å²) in [6.45, 7) is 6.77. The van der Waals surface area contributed by atoms with E-state index in [1.54, 1.807) is 31.4 Å². The first-order valence-corrected chi connectivity index (χ1v) is 8.67. The average Bonchev–Trinajstić information content (AvgIpc) is 2.86. The molecule has 0 bridgehead atoms. The number of aromatic nitrogens is 3. The van der Waals surface area contributed by atoms with E-state index in [9.17, 15) is 4.79 Å². The van der Waals surface area contributed by atoms with Crippen molar-refractivity contribution in [2.45, 2.75) is 32.9 Å². The summed E-state index contributed by atoms with van der Waals surface area (Å²) in [5.41, 5.74) is 0.601. The van der Waals surface area contributed by atoms with Crippen LogP contribution in [0, 0.1) is 5.92 Å². The van der Waals surface area contributed by atoms with Gasteiger partial charge in [-0.25, -0.2) is 0 Å². The quantitative estimate of drug-likeness (QED) is 0.861. The average molecular weight is 343 g/mol. The van der Waals surface area contributed by atoms with Crippen LogP contribution < -0.4 is 15.4 Å². The molecule has 0 saturated heterocycles. The van der Waals surface area contributed by atoms with E-state index in [-0.39, 0.29) is 17.9 Å². The first kappa shape index (κ1) is 17.4. The maximum absolute atomic E-state index is 12.7. The van der Waals surface area contributed by atoms with Gasteiger partial charge in [-0.2, -0.15) is 0 Å². The Labute approximate surface area is 147 Å². The van der Waals surface area contributed by atoms with E-state index in [0.29, 0.717) is 5.56 Å². The number of carbonyl (C=O) groups is 1. The molecular weight excluding hydrogens is 318 g/mol. The molecule has 0 fully saturated rings. The van der Waals surface area contributed by atoms with Crippen LogP contribution in [0.2, 0.25) is 0 Å². The number of hydrogen-bond donors (Lipinski definition) is 2. The zero-order valence-electron chi connectivity index (χ0n) is 15.0. The fraction of sp³-hybridized carbons (Fsp3) is 0.500. The summed E-state index contributed by atoms with van der Waals surface area (Å²) < 4.78 is 7.28. The Hall–Kier alpha value is -2.41. The number of nitrogens with zero attached hydrogens (tertiary/aromatic N) is 3. The summed E-state index contributed by atoms with van der Waals surface area (Å²) in [5, 5.41) is 15.2. The number of fused-ring (bicyclic) bond motifs is 1. The lowest BCUT2D eigenvalue weighted by molar-refractivity contribution is 0.0922. The molecule has 7 nitrogen and oxygen atoms in total. The monoisotopic (exact) mass is 343 g/mol. The van der Waals surface area contributed by atoms with Crippen LogP contribution in [-0.2, 0) is 13.0 Å². The summed E-state index contributed by atoms with van der Waals surface area (Å²) in [4.78, 5) is 12.7. The van der Waals surface area contributed by atoms with Gasteiger partial charge in [0.1, 0.15) is 11.6 Å². The van der Waals surface area contributed by atoms with Crippen molar-refractivity contribution in [2.24, 2.45) is 5.92 Å². The molecule has 0 unspecified atom stereocenters. The van der Waals surface area contributed by atoms with Gasteiger partial charge in [-0.05, 0) is 30.2 Å². The minimum Gasteiger partial charge on any atom is -0.497 e. The second-order valence-electron chi connectivity index (χ2n) is 6.55. The Morgan fingerprint density at radius 2 is 2.00 bits per heavy atom.